The predicted octanol–water partition coefficient (Wildman–Crippen LogP) is 4.29. The molecule has 0 bridgehead atoms. The molecular formula is C18H18BrN3O2S. The molecule has 1 aromatic carbocycles. The molecule has 130 valence electrons. The summed E-state index contributed by atoms with van der Waals surface area (Å²) in [6.07, 6.45) is 6.30. The highest BCUT2D eigenvalue weighted by atomic mass is 79.9. The van der Waals surface area contributed by atoms with Gasteiger partial charge < -0.3 is 10.1 Å². The van der Waals surface area contributed by atoms with Gasteiger partial charge in [0.05, 0.1) is 6.10 Å². The van der Waals surface area contributed by atoms with Crippen molar-refractivity contribution in [2.24, 2.45) is 0 Å². The number of benzene rings is 1. The molecule has 1 aliphatic carbocycles. The zero-order valence-electron chi connectivity index (χ0n) is 13.5. The Morgan fingerprint density at radius 1 is 1.24 bits per heavy atom. The molecule has 25 heavy (non-hydrogen) atoms. The van der Waals surface area contributed by atoms with Gasteiger partial charge in [-0.05, 0) is 72.0 Å². The lowest BCUT2D eigenvalue weighted by atomic mass is 10.2. The summed E-state index contributed by atoms with van der Waals surface area (Å²) in [5, 5.41) is 5.79. The molecule has 2 N–H and O–H groups in total. The van der Waals surface area contributed by atoms with E-state index in [0.29, 0.717) is 17.1 Å². The van der Waals surface area contributed by atoms with Crippen LogP contribution in [0.15, 0.2) is 47.1 Å². The van der Waals surface area contributed by atoms with E-state index in [4.69, 9.17) is 17.0 Å². The van der Waals surface area contributed by atoms with Gasteiger partial charge in [0.2, 0.25) is 0 Å². The van der Waals surface area contributed by atoms with Gasteiger partial charge in [0.1, 0.15) is 0 Å². The van der Waals surface area contributed by atoms with Crippen LogP contribution < -0.4 is 15.4 Å². The van der Waals surface area contributed by atoms with Gasteiger partial charge in [0.25, 0.3) is 5.91 Å². The monoisotopic (exact) mass is 419 g/mol. The van der Waals surface area contributed by atoms with Crippen molar-refractivity contribution in [3.63, 3.8) is 0 Å². The number of anilines is 1. The fourth-order valence-corrected chi connectivity index (χ4v) is 3.19. The Labute approximate surface area is 160 Å². The second kappa shape index (κ2) is 8.40. The summed E-state index contributed by atoms with van der Waals surface area (Å²) in [6, 6.07) is 10.8. The highest BCUT2D eigenvalue weighted by Crippen LogP contribution is 2.30. The Morgan fingerprint density at radius 2 is 1.96 bits per heavy atom. The SMILES string of the molecule is O=C(NC(=S)Nc1ncc(Br)cc1OC1CCCC1)c1ccccc1. The maximum atomic E-state index is 12.2. The lowest BCUT2D eigenvalue weighted by Crippen LogP contribution is -2.34. The Kier molecular flexibility index (Phi) is 5.99. The molecule has 0 unspecified atom stereocenters. The minimum Gasteiger partial charge on any atom is -0.487 e. The Morgan fingerprint density at radius 3 is 2.68 bits per heavy atom. The van der Waals surface area contributed by atoms with Gasteiger partial charge in [-0.2, -0.15) is 0 Å². The molecule has 0 saturated heterocycles. The van der Waals surface area contributed by atoms with E-state index in [9.17, 15) is 4.79 Å². The predicted molar refractivity (Wildman–Crippen MR) is 105 cm³/mol. The third-order valence-electron chi connectivity index (χ3n) is 3.91. The average molecular weight is 420 g/mol. The number of ether oxygens (including phenoxy) is 1. The number of aromatic nitrogens is 1. The van der Waals surface area contributed by atoms with Crippen molar-refractivity contribution >= 4 is 45.0 Å². The maximum Gasteiger partial charge on any atom is 0.257 e. The number of carbonyl (C=O) groups excluding carboxylic acids is 1. The van der Waals surface area contributed by atoms with Crippen LogP contribution in [0, 0.1) is 0 Å². The normalized spacial score (nSPS) is 14.1. The van der Waals surface area contributed by atoms with E-state index in [1.807, 2.05) is 12.1 Å². The van der Waals surface area contributed by atoms with Crippen LogP contribution in [-0.4, -0.2) is 22.1 Å². The quantitative estimate of drug-likeness (QED) is 0.723. The molecule has 1 heterocycles. The van der Waals surface area contributed by atoms with Crippen LogP contribution in [0.2, 0.25) is 0 Å². The molecule has 1 aromatic heterocycles. The fraction of sp³-hybridized carbons (Fsp3) is 0.278. The molecule has 1 saturated carbocycles. The number of nitrogens with zero attached hydrogens (tertiary/aromatic N) is 1. The molecule has 1 aliphatic rings. The number of hydrogen-bond acceptors (Lipinski definition) is 4. The third kappa shape index (κ3) is 4.99. The maximum absolute atomic E-state index is 12.2. The van der Waals surface area contributed by atoms with Crippen LogP contribution in [0.4, 0.5) is 5.82 Å². The van der Waals surface area contributed by atoms with Gasteiger partial charge >= 0.3 is 0 Å². The van der Waals surface area contributed by atoms with Crippen LogP contribution in [0.1, 0.15) is 36.0 Å². The number of thiocarbonyl (C=S) groups is 1. The number of pyridine rings is 1. The first-order chi connectivity index (χ1) is 12.1. The molecule has 0 spiro atoms. The van der Waals surface area contributed by atoms with Crippen LogP contribution in [-0.2, 0) is 0 Å². The van der Waals surface area contributed by atoms with Gasteiger partial charge in [-0.15, -0.1) is 0 Å². The summed E-state index contributed by atoms with van der Waals surface area (Å²) < 4.78 is 6.87. The van der Waals surface area contributed by atoms with Crippen molar-refractivity contribution in [3.05, 3.63) is 52.6 Å². The number of rotatable bonds is 4. The van der Waals surface area contributed by atoms with Gasteiger partial charge in [0, 0.05) is 16.2 Å². The first kappa shape index (κ1) is 17.8. The minimum absolute atomic E-state index is 0.181. The zero-order chi connectivity index (χ0) is 17.6. The van der Waals surface area contributed by atoms with Crippen molar-refractivity contribution in [2.75, 3.05) is 5.32 Å². The summed E-state index contributed by atoms with van der Waals surface area (Å²) in [7, 11) is 0. The first-order valence-corrected chi connectivity index (χ1v) is 9.31. The number of halogens is 1. The van der Waals surface area contributed by atoms with E-state index in [1.54, 1.807) is 30.5 Å². The van der Waals surface area contributed by atoms with E-state index < -0.39 is 0 Å². The lowest BCUT2D eigenvalue weighted by molar-refractivity contribution is 0.0977. The summed E-state index contributed by atoms with van der Waals surface area (Å²) >= 11 is 8.65. The van der Waals surface area contributed by atoms with E-state index in [2.05, 4.69) is 31.5 Å². The highest BCUT2D eigenvalue weighted by Gasteiger charge is 2.19. The van der Waals surface area contributed by atoms with Crippen molar-refractivity contribution in [3.8, 4) is 5.75 Å². The fourth-order valence-electron chi connectivity index (χ4n) is 2.69. The Hall–Kier alpha value is -1.99. The number of carbonyl (C=O) groups is 1. The molecule has 0 aliphatic heterocycles. The average Bonchev–Trinajstić information content (AvgIpc) is 3.11. The molecule has 5 nitrogen and oxygen atoms in total. The van der Waals surface area contributed by atoms with E-state index in [-0.39, 0.29) is 17.1 Å². The summed E-state index contributed by atoms with van der Waals surface area (Å²) in [4.78, 5) is 16.5. The molecule has 1 fully saturated rings. The third-order valence-corrected chi connectivity index (χ3v) is 4.55. The molecule has 3 rings (SSSR count). The Bertz CT molecular complexity index is 764. The van der Waals surface area contributed by atoms with Crippen LogP contribution in [0.25, 0.3) is 0 Å². The van der Waals surface area contributed by atoms with Gasteiger partial charge in [-0.3, -0.25) is 10.1 Å². The van der Waals surface area contributed by atoms with Gasteiger partial charge in [0.15, 0.2) is 16.7 Å². The molecule has 0 radical (unpaired) electrons. The van der Waals surface area contributed by atoms with Gasteiger partial charge in [-0.25, -0.2) is 4.98 Å². The number of hydrogen-bond donors (Lipinski definition) is 2. The minimum atomic E-state index is -0.270. The van der Waals surface area contributed by atoms with Crippen LogP contribution in [0.5, 0.6) is 5.75 Å². The second-order valence-corrected chi connectivity index (χ2v) is 7.12. The van der Waals surface area contributed by atoms with Gasteiger partial charge in [-0.1, -0.05) is 18.2 Å². The van der Waals surface area contributed by atoms with Crippen molar-refractivity contribution in [1.82, 2.24) is 10.3 Å². The van der Waals surface area contributed by atoms with Crippen molar-refractivity contribution < 1.29 is 9.53 Å². The smallest absolute Gasteiger partial charge is 0.257 e. The molecule has 2 aromatic rings. The molecule has 7 heteroatoms. The standard InChI is InChI=1S/C18H18BrN3O2S/c19-13-10-15(24-14-8-4-5-9-14)16(20-11-13)21-18(25)22-17(23)12-6-2-1-3-7-12/h1-3,6-7,10-11,14H,4-5,8-9H2,(H2,20,21,22,23,25). The first-order valence-electron chi connectivity index (χ1n) is 8.11. The van der Waals surface area contributed by atoms with E-state index >= 15 is 0 Å². The number of amides is 1. The highest BCUT2D eigenvalue weighted by molar-refractivity contribution is 9.10. The Balaban J connectivity index is 1.67. The summed E-state index contributed by atoms with van der Waals surface area (Å²) in [6.45, 7) is 0. The molecule has 0 atom stereocenters. The van der Waals surface area contributed by atoms with Crippen LogP contribution >= 0.6 is 28.1 Å². The summed E-state index contributed by atoms with van der Waals surface area (Å²) in [5.41, 5.74) is 0.540. The van der Waals surface area contributed by atoms with Crippen molar-refractivity contribution in [2.45, 2.75) is 31.8 Å². The molecular weight excluding hydrogens is 402 g/mol. The largest absolute Gasteiger partial charge is 0.487 e. The number of nitrogens with one attached hydrogen (secondary N) is 2. The molecule has 1 amide bonds. The zero-order valence-corrected chi connectivity index (χ0v) is 15.9. The lowest BCUT2D eigenvalue weighted by Gasteiger charge is -2.17. The van der Waals surface area contributed by atoms with Crippen molar-refractivity contribution in [1.29, 1.82) is 0 Å². The summed E-state index contributed by atoms with van der Waals surface area (Å²) in [5.74, 6) is 0.847. The van der Waals surface area contributed by atoms with E-state index in [0.717, 1.165) is 17.3 Å². The van der Waals surface area contributed by atoms with Crippen LogP contribution in [0.3, 0.4) is 0 Å². The van der Waals surface area contributed by atoms with E-state index in [1.165, 1.54) is 12.8 Å². The topological polar surface area (TPSA) is 63.2 Å². The second-order valence-electron chi connectivity index (χ2n) is 5.80.